The number of benzene rings is 2. The van der Waals surface area contributed by atoms with Crippen molar-refractivity contribution in [3.8, 4) is 28.1 Å². The Bertz CT molecular complexity index is 1390. The van der Waals surface area contributed by atoms with Gasteiger partial charge in [-0.3, -0.25) is 4.79 Å². The molecule has 2 aromatic carbocycles. The third-order valence-corrected chi connectivity index (χ3v) is 5.02. The van der Waals surface area contributed by atoms with Crippen molar-refractivity contribution in [2.45, 2.75) is 13.8 Å². The second kappa shape index (κ2) is 8.26. The fraction of sp³-hybridized carbons (Fsp3) is 0.174. The van der Waals surface area contributed by atoms with E-state index in [4.69, 9.17) is 9.47 Å². The molecule has 0 atom stereocenters. The predicted molar refractivity (Wildman–Crippen MR) is 114 cm³/mol. The van der Waals surface area contributed by atoms with Gasteiger partial charge in [0.25, 0.3) is 5.56 Å². The highest BCUT2D eigenvalue weighted by Gasteiger charge is 2.26. The van der Waals surface area contributed by atoms with E-state index in [1.807, 2.05) is 0 Å². The van der Waals surface area contributed by atoms with Gasteiger partial charge in [-0.25, -0.2) is 13.6 Å². The Morgan fingerprint density at radius 3 is 2.50 bits per heavy atom. The van der Waals surface area contributed by atoms with E-state index in [0.717, 1.165) is 16.6 Å². The van der Waals surface area contributed by atoms with Crippen molar-refractivity contribution in [1.82, 2.24) is 14.6 Å². The van der Waals surface area contributed by atoms with Crippen LogP contribution < -0.4 is 10.3 Å². The van der Waals surface area contributed by atoms with Gasteiger partial charge in [-0.2, -0.15) is 9.61 Å². The largest absolute Gasteiger partial charge is 0.497 e. The number of hydrogen-bond acceptors (Lipinski definition) is 5. The number of halogens is 2. The van der Waals surface area contributed by atoms with Crippen molar-refractivity contribution in [3.05, 3.63) is 75.7 Å². The number of nitrogens with one attached hydrogen (secondary N) is 1. The quantitative estimate of drug-likeness (QED) is 0.473. The van der Waals surface area contributed by atoms with Gasteiger partial charge in [-0.05, 0) is 55.8 Å². The van der Waals surface area contributed by atoms with E-state index in [-0.39, 0.29) is 34.6 Å². The Morgan fingerprint density at radius 2 is 1.88 bits per heavy atom. The predicted octanol–water partition coefficient (Wildman–Crippen LogP) is 4.13. The summed E-state index contributed by atoms with van der Waals surface area (Å²) in [5.74, 6) is -1.75. The van der Waals surface area contributed by atoms with Crippen LogP contribution in [0.4, 0.5) is 8.78 Å². The van der Waals surface area contributed by atoms with Gasteiger partial charge in [0.2, 0.25) is 0 Å². The van der Waals surface area contributed by atoms with E-state index in [1.165, 1.54) is 13.2 Å². The molecule has 0 spiro atoms. The average molecular weight is 439 g/mol. The molecular weight excluding hydrogens is 420 g/mol. The second-order valence-corrected chi connectivity index (χ2v) is 6.97. The zero-order valence-corrected chi connectivity index (χ0v) is 17.5. The Kier molecular flexibility index (Phi) is 5.48. The van der Waals surface area contributed by atoms with Crippen molar-refractivity contribution in [2.75, 3.05) is 13.7 Å². The molecule has 7 nitrogen and oxygen atoms in total. The lowest BCUT2D eigenvalue weighted by molar-refractivity contribution is 0.0524. The number of aromatic nitrogens is 3. The molecule has 9 heteroatoms. The first-order chi connectivity index (χ1) is 15.3. The summed E-state index contributed by atoms with van der Waals surface area (Å²) in [6, 6.07) is 9.85. The van der Waals surface area contributed by atoms with Crippen LogP contribution >= 0.6 is 0 Å². The number of carbonyl (C=O) groups excluding carboxylic acids is 1. The van der Waals surface area contributed by atoms with Gasteiger partial charge in [0, 0.05) is 11.6 Å². The SMILES string of the molecule is CCOC(=O)c1c(-c2ccc(OC)cc2)[nH]c2c(-c3ccc(F)cc3F)c(C)nn2c1=O. The maximum atomic E-state index is 14.6. The molecule has 0 aliphatic carbocycles. The number of methoxy groups -OCH3 is 1. The maximum absolute atomic E-state index is 14.6. The van der Waals surface area contributed by atoms with Gasteiger partial charge < -0.3 is 14.5 Å². The van der Waals surface area contributed by atoms with Crippen LogP contribution in [0.3, 0.4) is 0 Å². The number of aryl methyl sites for hydroxylation is 1. The molecule has 0 unspecified atom stereocenters. The van der Waals surface area contributed by atoms with Crippen LogP contribution in [0.25, 0.3) is 28.0 Å². The molecule has 4 aromatic rings. The van der Waals surface area contributed by atoms with E-state index < -0.39 is 23.2 Å². The second-order valence-electron chi connectivity index (χ2n) is 6.97. The van der Waals surface area contributed by atoms with E-state index in [2.05, 4.69) is 10.1 Å². The topological polar surface area (TPSA) is 85.7 Å². The van der Waals surface area contributed by atoms with Crippen LogP contribution in [0.15, 0.2) is 47.3 Å². The first kappa shape index (κ1) is 21.2. The van der Waals surface area contributed by atoms with Gasteiger partial charge >= 0.3 is 5.97 Å². The Labute approximate surface area is 181 Å². The number of esters is 1. The van der Waals surface area contributed by atoms with Crippen molar-refractivity contribution < 1.29 is 23.0 Å². The molecule has 0 bridgehead atoms. The summed E-state index contributed by atoms with van der Waals surface area (Å²) >= 11 is 0. The van der Waals surface area contributed by atoms with Gasteiger partial charge in [-0.1, -0.05) is 0 Å². The van der Waals surface area contributed by atoms with Crippen molar-refractivity contribution in [2.24, 2.45) is 0 Å². The van der Waals surface area contributed by atoms with E-state index in [9.17, 15) is 18.4 Å². The Balaban J connectivity index is 2.06. The minimum absolute atomic E-state index is 0.0686. The summed E-state index contributed by atoms with van der Waals surface area (Å²) in [5.41, 5.74) is 0.578. The summed E-state index contributed by atoms with van der Waals surface area (Å²) in [6.45, 7) is 3.29. The molecule has 0 aliphatic heterocycles. The Hall–Kier alpha value is -4.01. The van der Waals surface area contributed by atoms with Crippen molar-refractivity contribution in [3.63, 3.8) is 0 Å². The molecule has 32 heavy (non-hydrogen) atoms. The molecule has 0 saturated heterocycles. The number of H-pyrrole nitrogens is 1. The molecule has 0 fully saturated rings. The molecular formula is C23H19F2N3O4. The Morgan fingerprint density at radius 1 is 1.16 bits per heavy atom. The molecule has 2 heterocycles. The van der Waals surface area contributed by atoms with E-state index in [1.54, 1.807) is 38.1 Å². The van der Waals surface area contributed by atoms with E-state index in [0.29, 0.717) is 17.0 Å². The summed E-state index contributed by atoms with van der Waals surface area (Å²) < 4.78 is 39.3. The first-order valence-corrected chi connectivity index (χ1v) is 9.78. The third-order valence-electron chi connectivity index (χ3n) is 5.02. The lowest BCUT2D eigenvalue weighted by atomic mass is 10.0. The third kappa shape index (κ3) is 3.51. The fourth-order valence-electron chi connectivity index (χ4n) is 3.56. The van der Waals surface area contributed by atoms with Crippen LogP contribution in [0, 0.1) is 18.6 Å². The number of ether oxygens (including phenoxy) is 2. The number of fused-ring (bicyclic) bond motifs is 1. The molecule has 1 N–H and O–H groups in total. The zero-order valence-electron chi connectivity index (χ0n) is 17.5. The lowest BCUT2D eigenvalue weighted by Gasteiger charge is -2.11. The smallest absolute Gasteiger partial charge is 0.346 e. The normalized spacial score (nSPS) is 11.0. The number of rotatable bonds is 5. The van der Waals surface area contributed by atoms with Gasteiger partial charge in [0.15, 0.2) is 5.56 Å². The van der Waals surface area contributed by atoms with Crippen molar-refractivity contribution in [1.29, 1.82) is 0 Å². The number of carbonyl (C=O) groups is 1. The first-order valence-electron chi connectivity index (χ1n) is 9.78. The molecule has 164 valence electrons. The molecule has 0 aliphatic rings. The molecule has 2 aromatic heterocycles. The van der Waals surface area contributed by atoms with Crippen LogP contribution in [0.5, 0.6) is 5.75 Å². The summed E-state index contributed by atoms with van der Waals surface area (Å²) in [5, 5.41) is 4.20. The summed E-state index contributed by atoms with van der Waals surface area (Å²) in [7, 11) is 1.52. The summed E-state index contributed by atoms with van der Waals surface area (Å²) in [6.07, 6.45) is 0. The fourth-order valence-corrected chi connectivity index (χ4v) is 3.56. The number of aromatic amines is 1. The van der Waals surface area contributed by atoms with Crippen LogP contribution in [-0.2, 0) is 4.74 Å². The molecule has 0 radical (unpaired) electrons. The molecule has 0 amide bonds. The van der Waals surface area contributed by atoms with Crippen molar-refractivity contribution >= 4 is 11.6 Å². The highest BCUT2D eigenvalue weighted by molar-refractivity contribution is 5.97. The van der Waals surface area contributed by atoms with Crippen LogP contribution in [0.1, 0.15) is 23.0 Å². The lowest BCUT2D eigenvalue weighted by Crippen LogP contribution is -2.26. The number of hydrogen-bond donors (Lipinski definition) is 1. The van der Waals surface area contributed by atoms with Gasteiger partial charge in [-0.15, -0.1) is 0 Å². The summed E-state index contributed by atoms with van der Waals surface area (Å²) in [4.78, 5) is 29.0. The van der Waals surface area contributed by atoms with Crippen LogP contribution in [0.2, 0.25) is 0 Å². The van der Waals surface area contributed by atoms with Gasteiger partial charge in [0.05, 0.1) is 30.7 Å². The minimum Gasteiger partial charge on any atom is -0.497 e. The highest BCUT2D eigenvalue weighted by atomic mass is 19.1. The minimum atomic E-state index is -0.816. The van der Waals surface area contributed by atoms with Crippen LogP contribution in [-0.4, -0.2) is 34.3 Å². The molecule has 0 saturated carbocycles. The highest BCUT2D eigenvalue weighted by Crippen LogP contribution is 2.31. The average Bonchev–Trinajstić information content (AvgIpc) is 3.10. The zero-order chi connectivity index (χ0) is 23.0. The number of nitrogens with zero attached hydrogens (tertiary/aromatic N) is 2. The van der Waals surface area contributed by atoms with Gasteiger partial charge in [0.1, 0.15) is 23.0 Å². The monoisotopic (exact) mass is 439 g/mol. The van der Waals surface area contributed by atoms with E-state index >= 15 is 0 Å². The maximum Gasteiger partial charge on any atom is 0.346 e. The standard InChI is InChI=1S/C23H19F2N3O4/c1-4-32-23(30)19-20(13-5-8-15(31-3)9-6-13)26-21-18(12(2)27-28(21)22(19)29)16-10-7-14(24)11-17(16)25/h5-11,26H,4H2,1-3H3. The molecule has 4 rings (SSSR count).